The molecule has 0 N–H and O–H groups in total. The first-order chi connectivity index (χ1) is 9.76. The molecule has 0 bridgehead atoms. The molecule has 0 aromatic heterocycles. The first-order valence-electron chi connectivity index (χ1n) is 7.25. The van der Waals surface area contributed by atoms with Gasteiger partial charge in [-0.2, -0.15) is 0 Å². The van der Waals surface area contributed by atoms with Gasteiger partial charge in [0.05, 0.1) is 13.2 Å². The molecule has 0 spiro atoms. The normalized spacial score (nSPS) is 10.1. The Bertz CT molecular complexity index is 438. The van der Waals surface area contributed by atoms with E-state index in [1.165, 1.54) is 0 Å². The molecule has 0 fully saturated rings. The zero-order valence-corrected chi connectivity index (χ0v) is 12.5. The zero-order valence-electron chi connectivity index (χ0n) is 12.5. The number of aldehydes is 1. The molecule has 3 heteroatoms. The Labute approximate surface area is 121 Å². The minimum atomic E-state index is 0.543. The van der Waals surface area contributed by atoms with Crippen LogP contribution in [-0.4, -0.2) is 19.5 Å². The van der Waals surface area contributed by atoms with E-state index in [4.69, 9.17) is 9.47 Å². The van der Waals surface area contributed by atoms with Crippen molar-refractivity contribution >= 4 is 6.29 Å². The Hall–Kier alpha value is -1.77. The highest BCUT2D eigenvalue weighted by molar-refractivity contribution is 5.77. The molecule has 0 atom stereocenters. The first-order valence-corrected chi connectivity index (χ1v) is 7.25. The average molecular weight is 276 g/mol. The van der Waals surface area contributed by atoms with E-state index < -0.39 is 0 Å². The molecule has 1 rings (SSSR count). The molecule has 0 heterocycles. The number of allylic oxidation sites excluding steroid dienone is 1. The Kier molecular flexibility index (Phi) is 7.48. The lowest BCUT2D eigenvalue weighted by Gasteiger charge is -2.16. The fourth-order valence-corrected chi connectivity index (χ4v) is 2.01. The summed E-state index contributed by atoms with van der Waals surface area (Å²) in [6.45, 7) is 9.04. The molecule has 1 aromatic rings. The molecule has 0 saturated carbocycles. The fourth-order valence-electron chi connectivity index (χ4n) is 2.01. The lowest BCUT2D eigenvalue weighted by molar-refractivity contribution is 0.112. The number of benzene rings is 1. The Morgan fingerprint density at radius 2 is 2.00 bits per heavy atom. The van der Waals surface area contributed by atoms with Crippen LogP contribution >= 0.6 is 0 Å². The summed E-state index contributed by atoms with van der Waals surface area (Å²) < 4.78 is 11.5. The van der Waals surface area contributed by atoms with Crippen molar-refractivity contribution in [3.63, 3.8) is 0 Å². The summed E-state index contributed by atoms with van der Waals surface area (Å²) in [4.78, 5) is 11.0. The van der Waals surface area contributed by atoms with Gasteiger partial charge in [-0.05, 0) is 31.9 Å². The van der Waals surface area contributed by atoms with Gasteiger partial charge in [-0.3, -0.25) is 4.79 Å². The maximum absolute atomic E-state index is 11.0. The van der Waals surface area contributed by atoms with Crippen molar-refractivity contribution in [1.82, 2.24) is 0 Å². The summed E-state index contributed by atoms with van der Waals surface area (Å²) in [5, 5.41) is 0. The number of carbonyl (C=O) groups excluding carboxylic acids is 1. The van der Waals surface area contributed by atoms with E-state index in [1.54, 1.807) is 12.1 Å². The summed E-state index contributed by atoms with van der Waals surface area (Å²) in [7, 11) is 0. The maximum Gasteiger partial charge on any atom is 0.164 e. The number of unbranched alkanes of at least 4 members (excludes halogenated alkanes) is 2. The summed E-state index contributed by atoms with van der Waals surface area (Å²) in [5.74, 6) is 1.39. The highest BCUT2D eigenvalue weighted by Crippen LogP contribution is 2.33. The predicted molar refractivity (Wildman–Crippen MR) is 81.9 cm³/mol. The van der Waals surface area contributed by atoms with Crippen LogP contribution in [-0.2, 0) is 6.42 Å². The van der Waals surface area contributed by atoms with Crippen LogP contribution in [0.4, 0.5) is 0 Å². The second kappa shape index (κ2) is 9.18. The van der Waals surface area contributed by atoms with Gasteiger partial charge < -0.3 is 9.47 Å². The molecule has 0 radical (unpaired) electrons. The first kappa shape index (κ1) is 16.3. The van der Waals surface area contributed by atoms with Gasteiger partial charge in [0.15, 0.2) is 11.5 Å². The smallest absolute Gasteiger partial charge is 0.164 e. The maximum atomic E-state index is 11.0. The second-order valence-electron chi connectivity index (χ2n) is 4.61. The zero-order chi connectivity index (χ0) is 14.8. The lowest BCUT2D eigenvalue weighted by Crippen LogP contribution is -2.05. The van der Waals surface area contributed by atoms with Gasteiger partial charge in [-0.15, -0.1) is 6.58 Å². The molecule has 3 nitrogen and oxygen atoms in total. The monoisotopic (exact) mass is 276 g/mol. The SMILES string of the molecule is C=CCc1cc(C=O)cc(OCC)c1OCCCCC. The van der Waals surface area contributed by atoms with Crippen LogP contribution < -0.4 is 9.47 Å². The van der Waals surface area contributed by atoms with Crippen LogP contribution in [0.2, 0.25) is 0 Å². The number of rotatable bonds is 10. The lowest BCUT2D eigenvalue weighted by atomic mass is 10.1. The van der Waals surface area contributed by atoms with Crippen LogP contribution in [0.3, 0.4) is 0 Å². The van der Waals surface area contributed by atoms with Crippen molar-refractivity contribution < 1.29 is 14.3 Å². The van der Waals surface area contributed by atoms with Crippen LogP contribution in [0.1, 0.15) is 49.0 Å². The number of hydrogen-bond donors (Lipinski definition) is 0. The van der Waals surface area contributed by atoms with Gasteiger partial charge >= 0.3 is 0 Å². The number of carbonyl (C=O) groups is 1. The third-order valence-electron chi connectivity index (χ3n) is 2.95. The Balaban J connectivity index is 3.00. The van der Waals surface area contributed by atoms with Crippen LogP contribution in [0.25, 0.3) is 0 Å². The Morgan fingerprint density at radius 1 is 1.20 bits per heavy atom. The van der Waals surface area contributed by atoms with Crippen molar-refractivity contribution in [2.24, 2.45) is 0 Å². The van der Waals surface area contributed by atoms with E-state index in [-0.39, 0.29) is 0 Å². The van der Waals surface area contributed by atoms with Gasteiger partial charge in [-0.1, -0.05) is 25.8 Å². The van der Waals surface area contributed by atoms with Crippen molar-refractivity contribution in [3.05, 3.63) is 35.9 Å². The van der Waals surface area contributed by atoms with Crippen LogP contribution in [0.5, 0.6) is 11.5 Å². The molecule has 0 aliphatic carbocycles. The van der Waals surface area contributed by atoms with Crippen LogP contribution in [0, 0.1) is 0 Å². The fraction of sp³-hybridized carbons (Fsp3) is 0.471. The number of ether oxygens (including phenoxy) is 2. The highest BCUT2D eigenvalue weighted by atomic mass is 16.5. The average Bonchev–Trinajstić information content (AvgIpc) is 2.45. The van der Waals surface area contributed by atoms with Gasteiger partial charge in [0, 0.05) is 11.1 Å². The minimum Gasteiger partial charge on any atom is -0.490 e. The molecule has 0 aliphatic rings. The van der Waals surface area contributed by atoms with Crippen LogP contribution in [0.15, 0.2) is 24.8 Å². The van der Waals surface area contributed by atoms with Gasteiger partial charge in [-0.25, -0.2) is 0 Å². The quantitative estimate of drug-likeness (QED) is 0.365. The van der Waals surface area contributed by atoms with E-state index in [9.17, 15) is 4.79 Å². The summed E-state index contributed by atoms with van der Waals surface area (Å²) in [6, 6.07) is 3.57. The van der Waals surface area contributed by atoms with E-state index >= 15 is 0 Å². The molecule has 0 amide bonds. The standard InChI is InChI=1S/C17H24O3/c1-4-7-8-10-20-17-15(9-5-2)11-14(13-18)12-16(17)19-6-3/h5,11-13H,2,4,6-10H2,1,3H3. The summed E-state index contributed by atoms with van der Waals surface area (Å²) in [5.41, 5.74) is 1.55. The predicted octanol–water partition coefficient (Wildman–Crippen LogP) is 4.20. The third-order valence-corrected chi connectivity index (χ3v) is 2.95. The molecular weight excluding hydrogens is 252 g/mol. The summed E-state index contributed by atoms with van der Waals surface area (Å²) >= 11 is 0. The molecule has 20 heavy (non-hydrogen) atoms. The topological polar surface area (TPSA) is 35.5 Å². The van der Waals surface area contributed by atoms with E-state index in [0.717, 1.165) is 36.9 Å². The minimum absolute atomic E-state index is 0.543. The van der Waals surface area contributed by atoms with Gasteiger partial charge in [0.2, 0.25) is 0 Å². The highest BCUT2D eigenvalue weighted by Gasteiger charge is 2.13. The molecule has 110 valence electrons. The van der Waals surface area contributed by atoms with E-state index in [0.29, 0.717) is 30.9 Å². The third kappa shape index (κ3) is 4.72. The van der Waals surface area contributed by atoms with Crippen molar-refractivity contribution in [3.8, 4) is 11.5 Å². The molecule has 0 aliphatic heterocycles. The molecule has 0 saturated heterocycles. The van der Waals surface area contributed by atoms with Gasteiger partial charge in [0.1, 0.15) is 6.29 Å². The molecule has 1 aromatic carbocycles. The Morgan fingerprint density at radius 3 is 2.60 bits per heavy atom. The van der Waals surface area contributed by atoms with Crippen molar-refractivity contribution in [2.75, 3.05) is 13.2 Å². The van der Waals surface area contributed by atoms with E-state index in [1.807, 2.05) is 13.0 Å². The summed E-state index contributed by atoms with van der Waals surface area (Å²) in [6.07, 6.45) is 6.61. The van der Waals surface area contributed by atoms with Crippen molar-refractivity contribution in [2.45, 2.75) is 39.5 Å². The van der Waals surface area contributed by atoms with E-state index in [2.05, 4.69) is 13.5 Å². The second-order valence-corrected chi connectivity index (χ2v) is 4.61. The van der Waals surface area contributed by atoms with Crippen molar-refractivity contribution in [1.29, 1.82) is 0 Å². The molecular formula is C17H24O3. The molecule has 0 unspecified atom stereocenters. The number of hydrogen-bond acceptors (Lipinski definition) is 3. The largest absolute Gasteiger partial charge is 0.490 e. The van der Waals surface area contributed by atoms with Gasteiger partial charge in [0.25, 0.3) is 0 Å².